The van der Waals surface area contributed by atoms with Gasteiger partial charge in [-0.05, 0) is 27.8 Å². The minimum Gasteiger partial charge on any atom is -0.507 e. The molecule has 4 aromatic carbocycles. The van der Waals surface area contributed by atoms with Crippen LogP contribution in [0.4, 0.5) is 0 Å². The van der Waals surface area contributed by atoms with E-state index in [-0.39, 0.29) is 18.0 Å². The second kappa shape index (κ2) is 5.82. The number of phenols is 1. The number of Topliss-reactive ketones (excluding diaryl/α,β-unsaturated/α-hetero) is 1. The van der Waals surface area contributed by atoms with Crippen molar-refractivity contribution in [3.63, 3.8) is 0 Å². The molecule has 0 aliphatic rings. The average molecular weight is 312 g/mol. The largest absolute Gasteiger partial charge is 0.507 e. The van der Waals surface area contributed by atoms with Gasteiger partial charge < -0.3 is 5.11 Å². The summed E-state index contributed by atoms with van der Waals surface area (Å²) in [6.45, 7) is 0. The van der Waals surface area contributed by atoms with Gasteiger partial charge in [-0.3, -0.25) is 4.79 Å². The van der Waals surface area contributed by atoms with E-state index in [1.807, 2.05) is 72.8 Å². The van der Waals surface area contributed by atoms with Crippen LogP contribution in [0.25, 0.3) is 21.5 Å². The van der Waals surface area contributed by atoms with Crippen molar-refractivity contribution in [3.8, 4) is 5.75 Å². The molecular formula is C22H16O2. The van der Waals surface area contributed by atoms with Gasteiger partial charge in [0.15, 0.2) is 5.78 Å². The molecule has 2 nitrogen and oxygen atoms in total. The van der Waals surface area contributed by atoms with E-state index in [4.69, 9.17) is 0 Å². The number of rotatable bonds is 3. The minimum absolute atomic E-state index is 0.0579. The number of fused-ring (bicyclic) bond motifs is 2. The Hall–Kier alpha value is -3.13. The summed E-state index contributed by atoms with van der Waals surface area (Å²) in [5, 5.41) is 13.9. The lowest BCUT2D eigenvalue weighted by atomic mass is 9.94. The first-order valence-corrected chi connectivity index (χ1v) is 7.94. The predicted molar refractivity (Wildman–Crippen MR) is 97.6 cm³/mol. The van der Waals surface area contributed by atoms with Gasteiger partial charge in [0.1, 0.15) is 5.75 Å². The number of carbonyl (C=O) groups excluding carboxylic acids is 1. The number of ketones is 1. The zero-order valence-electron chi connectivity index (χ0n) is 13.1. The first kappa shape index (κ1) is 14.5. The van der Waals surface area contributed by atoms with Crippen LogP contribution < -0.4 is 0 Å². The summed E-state index contributed by atoms with van der Waals surface area (Å²) >= 11 is 0. The SMILES string of the molecule is O=C(Cc1cccc2cccc(O)c12)c1cccc2ccccc12. The van der Waals surface area contributed by atoms with E-state index in [9.17, 15) is 9.90 Å². The zero-order valence-corrected chi connectivity index (χ0v) is 13.1. The Kier molecular flexibility index (Phi) is 3.51. The molecule has 0 fully saturated rings. The maximum atomic E-state index is 12.9. The van der Waals surface area contributed by atoms with Crippen molar-refractivity contribution < 1.29 is 9.90 Å². The lowest BCUT2D eigenvalue weighted by Crippen LogP contribution is -2.05. The fraction of sp³-hybridized carbons (Fsp3) is 0.0455. The van der Waals surface area contributed by atoms with Gasteiger partial charge in [-0.15, -0.1) is 0 Å². The van der Waals surface area contributed by atoms with E-state index in [0.29, 0.717) is 0 Å². The second-order valence-electron chi connectivity index (χ2n) is 5.92. The third kappa shape index (κ3) is 2.42. The molecule has 0 unspecified atom stereocenters. The van der Waals surface area contributed by atoms with E-state index < -0.39 is 0 Å². The van der Waals surface area contributed by atoms with Gasteiger partial charge in [0.05, 0.1) is 0 Å². The predicted octanol–water partition coefficient (Wildman–Crippen LogP) is 5.12. The van der Waals surface area contributed by atoms with Gasteiger partial charge in [-0.1, -0.05) is 72.8 Å². The lowest BCUT2D eigenvalue weighted by molar-refractivity contribution is 0.0995. The maximum Gasteiger partial charge on any atom is 0.167 e. The van der Waals surface area contributed by atoms with E-state index in [0.717, 1.165) is 32.7 Å². The number of phenolic OH excluding ortho intramolecular Hbond substituents is 1. The fourth-order valence-corrected chi connectivity index (χ4v) is 3.28. The molecule has 0 saturated carbocycles. The molecule has 0 spiro atoms. The first-order valence-electron chi connectivity index (χ1n) is 7.94. The quantitative estimate of drug-likeness (QED) is 0.533. The second-order valence-corrected chi connectivity index (χ2v) is 5.92. The van der Waals surface area contributed by atoms with Crippen LogP contribution in [-0.2, 0) is 6.42 Å². The van der Waals surface area contributed by atoms with Crippen LogP contribution >= 0.6 is 0 Å². The average Bonchev–Trinajstić information content (AvgIpc) is 2.61. The van der Waals surface area contributed by atoms with Gasteiger partial charge >= 0.3 is 0 Å². The smallest absolute Gasteiger partial charge is 0.167 e. The molecule has 0 aromatic heterocycles. The number of carbonyl (C=O) groups is 1. The zero-order chi connectivity index (χ0) is 16.5. The Morgan fingerprint density at radius 3 is 2.29 bits per heavy atom. The molecule has 2 heteroatoms. The summed E-state index contributed by atoms with van der Waals surface area (Å²) < 4.78 is 0. The Balaban J connectivity index is 1.80. The van der Waals surface area contributed by atoms with E-state index in [2.05, 4.69) is 0 Å². The monoisotopic (exact) mass is 312 g/mol. The Morgan fingerprint density at radius 2 is 1.42 bits per heavy atom. The molecule has 0 saturated heterocycles. The van der Waals surface area contributed by atoms with Crippen molar-refractivity contribution >= 4 is 27.3 Å². The van der Waals surface area contributed by atoms with Crippen LogP contribution in [0.3, 0.4) is 0 Å². The highest BCUT2D eigenvalue weighted by molar-refractivity contribution is 6.10. The molecule has 0 amide bonds. The summed E-state index contributed by atoms with van der Waals surface area (Å²) in [4.78, 5) is 12.9. The van der Waals surface area contributed by atoms with E-state index >= 15 is 0 Å². The minimum atomic E-state index is 0.0579. The summed E-state index contributed by atoms with van der Waals surface area (Å²) in [6.07, 6.45) is 0.267. The molecule has 4 rings (SSSR count). The topological polar surface area (TPSA) is 37.3 Å². The maximum absolute atomic E-state index is 12.9. The molecule has 1 N–H and O–H groups in total. The van der Waals surface area contributed by atoms with Crippen LogP contribution in [0.5, 0.6) is 5.75 Å². The van der Waals surface area contributed by atoms with Gasteiger partial charge in [-0.25, -0.2) is 0 Å². The Morgan fingerprint density at radius 1 is 0.750 bits per heavy atom. The number of hydrogen-bond acceptors (Lipinski definition) is 2. The molecule has 24 heavy (non-hydrogen) atoms. The standard InChI is InChI=1S/C22H16O2/c23-20-13-5-9-16-8-3-10-17(22(16)20)14-21(24)19-12-4-7-15-6-1-2-11-18(15)19/h1-13,23H,14H2. The number of aromatic hydroxyl groups is 1. The van der Waals surface area contributed by atoms with Crippen molar-refractivity contribution in [2.75, 3.05) is 0 Å². The third-order valence-electron chi connectivity index (χ3n) is 4.41. The third-order valence-corrected chi connectivity index (χ3v) is 4.41. The molecule has 0 heterocycles. The van der Waals surface area contributed by atoms with Crippen molar-refractivity contribution in [3.05, 3.63) is 90.0 Å². The highest BCUT2D eigenvalue weighted by Gasteiger charge is 2.13. The fourth-order valence-electron chi connectivity index (χ4n) is 3.28. The molecule has 0 bridgehead atoms. The van der Waals surface area contributed by atoms with Crippen LogP contribution in [0.15, 0.2) is 78.9 Å². The van der Waals surface area contributed by atoms with Crippen LogP contribution in [0, 0.1) is 0 Å². The first-order chi connectivity index (χ1) is 11.7. The van der Waals surface area contributed by atoms with Gasteiger partial charge in [0, 0.05) is 17.4 Å². The molecule has 0 atom stereocenters. The lowest BCUT2D eigenvalue weighted by Gasteiger charge is -2.09. The molecule has 116 valence electrons. The van der Waals surface area contributed by atoms with E-state index in [1.165, 1.54) is 0 Å². The molecule has 4 aromatic rings. The number of hydrogen-bond donors (Lipinski definition) is 1. The van der Waals surface area contributed by atoms with Gasteiger partial charge in [0.2, 0.25) is 0 Å². The highest BCUT2D eigenvalue weighted by Crippen LogP contribution is 2.29. The van der Waals surface area contributed by atoms with Gasteiger partial charge in [0.25, 0.3) is 0 Å². The summed E-state index contributed by atoms with van der Waals surface area (Å²) in [5.74, 6) is 0.274. The molecule has 0 aliphatic carbocycles. The van der Waals surface area contributed by atoms with Crippen LogP contribution in [-0.4, -0.2) is 10.9 Å². The molecule has 0 aliphatic heterocycles. The normalized spacial score (nSPS) is 11.0. The highest BCUT2D eigenvalue weighted by atomic mass is 16.3. The summed E-state index contributed by atoms with van der Waals surface area (Å²) in [5.41, 5.74) is 1.57. The number of benzene rings is 4. The van der Waals surface area contributed by atoms with Crippen molar-refractivity contribution in [1.29, 1.82) is 0 Å². The van der Waals surface area contributed by atoms with E-state index in [1.54, 1.807) is 6.07 Å². The summed E-state index contributed by atoms with van der Waals surface area (Å²) in [6, 6.07) is 24.9. The van der Waals surface area contributed by atoms with Gasteiger partial charge in [-0.2, -0.15) is 0 Å². The molecule has 0 radical (unpaired) electrons. The van der Waals surface area contributed by atoms with Crippen molar-refractivity contribution in [2.24, 2.45) is 0 Å². The molecular weight excluding hydrogens is 296 g/mol. The van der Waals surface area contributed by atoms with Crippen LogP contribution in [0.2, 0.25) is 0 Å². The van der Waals surface area contributed by atoms with Crippen LogP contribution in [0.1, 0.15) is 15.9 Å². The Labute approximate surface area is 140 Å². The van der Waals surface area contributed by atoms with Crippen molar-refractivity contribution in [1.82, 2.24) is 0 Å². The Bertz CT molecular complexity index is 1050. The summed E-state index contributed by atoms with van der Waals surface area (Å²) in [7, 11) is 0. The van der Waals surface area contributed by atoms with Crippen molar-refractivity contribution in [2.45, 2.75) is 6.42 Å².